The molecule has 12 nitrogen and oxygen atoms in total. The number of hydrogen-bond donors (Lipinski definition) is 3. The Kier molecular flexibility index (Phi) is 31.9. The van der Waals surface area contributed by atoms with Crippen molar-refractivity contribution in [3.05, 3.63) is 120 Å². The van der Waals surface area contributed by atoms with Crippen LogP contribution in [0.15, 0.2) is 103 Å². The Morgan fingerprint density at radius 2 is 1.01 bits per heavy atom. The molecule has 3 aromatic carbocycles. The van der Waals surface area contributed by atoms with Crippen molar-refractivity contribution in [2.75, 3.05) is 53.6 Å². The quantitative estimate of drug-likeness (QED) is 0.0220. The number of unbranched alkanes of at least 4 members (excludes halogenated alkanes) is 19. The van der Waals surface area contributed by atoms with Gasteiger partial charge in [0.15, 0.2) is 0 Å². The van der Waals surface area contributed by atoms with Gasteiger partial charge in [-0.25, -0.2) is 0 Å². The summed E-state index contributed by atoms with van der Waals surface area (Å²) in [5.74, 6) is 0.593. The Labute approximate surface area is 468 Å². The Morgan fingerprint density at radius 1 is 0.579 bits per heavy atom. The number of nitrogens with one attached hydrogen (secondary N) is 2. The molecule has 414 valence electrons. The smallest absolute Gasteiger partial charge is 0.545 e. The van der Waals surface area contributed by atoms with E-state index >= 15 is 0 Å². The van der Waals surface area contributed by atoms with Gasteiger partial charge in [-0.3, -0.25) is 14.4 Å². The summed E-state index contributed by atoms with van der Waals surface area (Å²) < 4.78 is 18.4. The molecule has 1 saturated heterocycles. The molecule has 1 fully saturated rings. The van der Waals surface area contributed by atoms with Crippen LogP contribution >= 0.6 is 0 Å². The van der Waals surface area contributed by atoms with Crippen LogP contribution in [0.2, 0.25) is 0 Å². The van der Waals surface area contributed by atoms with Crippen molar-refractivity contribution in [3.63, 3.8) is 0 Å². The molecule has 0 aromatic heterocycles. The number of nitrogens with zero attached hydrogens (tertiary/aromatic N) is 1. The summed E-state index contributed by atoms with van der Waals surface area (Å²) in [5.41, 5.74) is 0.668. The van der Waals surface area contributed by atoms with Gasteiger partial charge in [0.25, 0.3) is 0 Å². The van der Waals surface area contributed by atoms with Crippen LogP contribution in [0.1, 0.15) is 185 Å². The number of carboxylic acid groups (broad SMARTS) is 1. The van der Waals surface area contributed by atoms with Crippen LogP contribution in [0.3, 0.4) is 0 Å². The molecule has 3 N–H and O–H groups in total. The van der Waals surface area contributed by atoms with Crippen LogP contribution in [-0.2, 0) is 29.5 Å². The van der Waals surface area contributed by atoms with E-state index in [-0.39, 0.29) is 49.8 Å². The summed E-state index contributed by atoms with van der Waals surface area (Å²) in [4.78, 5) is 50.6. The third-order valence-corrected chi connectivity index (χ3v) is 15.3. The van der Waals surface area contributed by atoms with Gasteiger partial charge in [-0.1, -0.05) is 170 Å². The number of benzene rings is 3. The number of allylic oxidation sites excluding steroid dienone is 2. The first-order valence-corrected chi connectivity index (χ1v) is 28.4. The Hall–Kier alpha value is -4.86. The molecule has 2 atom stereocenters. The molecular formula is C63H92LiN3O9. The van der Waals surface area contributed by atoms with Gasteiger partial charge in [0.2, 0.25) is 17.7 Å². The van der Waals surface area contributed by atoms with E-state index in [1.54, 1.807) is 26.4 Å². The van der Waals surface area contributed by atoms with Crippen LogP contribution in [0.4, 0.5) is 0 Å². The van der Waals surface area contributed by atoms with Crippen LogP contribution < -0.4 is 44.1 Å². The SMILES string of the molecule is COc1ccc(C(OCC2(C)CN(C(=O)CCCCCCCCC(=O)NCCCCCCCCCC=CC(=O)NCCCCCCCCCC=CC(=O)[O-])CC2(C)CO)(c2ccccc2)c2ccc(OC)cc2)cc1.[Li+]. The second-order valence-electron chi connectivity index (χ2n) is 21.2. The number of aliphatic hydroxyl groups excluding tert-OH is 1. The molecule has 0 saturated carbocycles. The maximum absolute atomic E-state index is 13.8. The van der Waals surface area contributed by atoms with Gasteiger partial charge in [-0.15, -0.1) is 0 Å². The third kappa shape index (κ3) is 22.6. The van der Waals surface area contributed by atoms with E-state index < -0.39 is 22.4 Å². The van der Waals surface area contributed by atoms with Crippen molar-refractivity contribution in [2.24, 2.45) is 10.8 Å². The molecule has 3 aromatic rings. The molecule has 13 heteroatoms. The van der Waals surface area contributed by atoms with Crippen molar-refractivity contribution >= 4 is 23.7 Å². The minimum atomic E-state index is -1.13. The van der Waals surface area contributed by atoms with E-state index in [0.29, 0.717) is 32.5 Å². The predicted molar refractivity (Wildman–Crippen MR) is 298 cm³/mol. The Morgan fingerprint density at radius 3 is 1.51 bits per heavy atom. The number of likely N-dealkylation sites (tertiary alicyclic amines) is 1. The maximum Gasteiger partial charge on any atom is 1.00 e. The largest absolute Gasteiger partial charge is 1.00 e. The second kappa shape index (κ2) is 37.0. The van der Waals surface area contributed by atoms with Gasteiger partial charge < -0.3 is 44.8 Å². The monoisotopic (exact) mass is 1040 g/mol. The first-order valence-electron chi connectivity index (χ1n) is 28.4. The van der Waals surface area contributed by atoms with Crippen molar-refractivity contribution in [3.8, 4) is 11.5 Å². The van der Waals surface area contributed by atoms with Crippen LogP contribution in [-0.4, -0.2) is 87.3 Å². The van der Waals surface area contributed by atoms with Gasteiger partial charge in [0.1, 0.15) is 17.1 Å². The number of carbonyl (C=O) groups excluding carboxylic acids is 4. The van der Waals surface area contributed by atoms with Crippen molar-refractivity contribution < 1.29 is 62.5 Å². The van der Waals surface area contributed by atoms with Crippen molar-refractivity contribution in [1.82, 2.24) is 15.5 Å². The van der Waals surface area contributed by atoms with E-state index in [2.05, 4.69) is 36.6 Å². The second-order valence-corrected chi connectivity index (χ2v) is 21.2. The van der Waals surface area contributed by atoms with Crippen molar-refractivity contribution in [2.45, 2.75) is 174 Å². The molecule has 0 aliphatic carbocycles. The fourth-order valence-corrected chi connectivity index (χ4v) is 10.2. The number of aliphatic carboxylic acids is 1. The number of carbonyl (C=O) groups is 4. The maximum atomic E-state index is 13.8. The molecule has 2 unspecified atom stereocenters. The normalized spacial score (nSPS) is 16.5. The van der Waals surface area contributed by atoms with E-state index in [1.807, 2.05) is 77.7 Å². The first-order chi connectivity index (χ1) is 36.4. The topological polar surface area (TPSA) is 167 Å². The molecular weight excluding hydrogens is 950 g/mol. The van der Waals surface area contributed by atoms with E-state index in [9.17, 15) is 29.4 Å². The summed E-state index contributed by atoms with van der Waals surface area (Å²) in [6.45, 7) is 6.80. The molecule has 1 aliphatic heterocycles. The van der Waals surface area contributed by atoms with Crippen LogP contribution in [0, 0.1) is 10.8 Å². The number of hydrogen-bond acceptors (Lipinski definition) is 9. The van der Waals surface area contributed by atoms with Gasteiger partial charge in [0.05, 0.1) is 33.4 Å². The fourth-order valence-electron chi connectivity index (χ4n) is 10.2. The Bertz CT molecular complexity index is 2100. The molecule has 76 heavy (non-hydrogen) atoms. The molecule has 3 amide bonds. The summed E-state index contributed by atoms with van der Waals surface area (Å²) in [6.07, 6.45) is 30.5. The number of ether oxygens (including phenoxy) is 3. The zero-order valence-electron chi connectivity index (χ0n) is 47.2. The third-order valence-electron chi connectivity index (χ3n) is 15.3. The predicted octanol–water partition coefficient (Wildman–Crippen LogP) is 8.32. The fraction of sp³-hybridized carbons (Fsp3) is 0.587. The number of rotatable bonds is 40. The summed E-state index contributed by atoms with van der Waals surface area (Å²) >= 11 is 0. The Balaban J connectivity index is 0.0000152. The van der Waals surface area contributed by atoms with Gasteiger partial charge in [-0.2, -0.15) is 0 Å². The number of aliphatic hydroxyl groups is 1. The molecule has 1 aliphatic rings. The zero-order valence-corrected chi connectivity index (χ0v) is 47.2. The van der Waals surface area contributed by atoms with E-state index in [0.717, 1.165) is 156 Å². The summed E-state index contributed by atoms with van der Waals surface area (Å²) in [6, 6.07) is 26.1. The van der Waals surface area contributed by atoms with Crippen LogP contribution in [0.5, 0.6) is 11.5 Å². The molecule has 1 heterocycles. The zero-order chi connectivity index (χ0) is 54.0. The average Bonchev–Trinajstić information content (AvgIpc) is 3.71. The van der Waals surface area contributed by atoms with Crippen molar-refractivity contribution in [1.29, 1.82) is 0 Å². The number of amides is 3. The van der Waals surface area contributed by atoms with E-state index in [1.165, 1.54) is 25.7 Å². The van der Waals surface area contributed by atoms with Gasteiger partial charge >= 0.3 is 18.9 Å². The molecule has 0 spiro atoms. The number of methoxy groups -OCH3 is 2. The minimum Gasteiger partial charge on any atom is -0.545 e. The van der Waals surface area contributed by atoms with Gasteiger partial charge in [0, 0.05) is 49.9 Å². The molecule has 0 radical (unpaired) electrons. The number of carboxylic acids is 1. The standard InChI is InChI=1S/C63H93N3O9.Li/c1-61(50-67)48-66(49-62(61,2)51-75-63(52-32-24-23-25-33-52,53-38-42-55(73-3)43-39-53)54-40-44-56(74-4)45-41-54)59(70)36-28-19-14-13-18-27-35-58(69)65-47-30-21-15-9-5-7-11-17-26-34-57(68)64-46-31-22-16-10-6-8-12-20-29-37-60(71)72;/h23-26,29,32-34,37-45,67H,5-22,27-28,30-31,35-36,46-51H2,1-4H3,(H,64,68)(H,65,69)(H,71,72);/q;+1/p-1. The minimum absolute atomic E-state index is 0. The molecule has 0 bridgehead atoms. The molecule has 4 rings (SSSR count). The van der Waals surface area contributed by atoms with E-state index in [4.69, 9.17) is 14.2 Å². The first kappa shape index (κ1) is 65.4. The summed E-state index contributed by atoms with van der Waals surface area (Å²) in [5, 5.41) is 27.3. The average molecular weight is 1040 g/mol. The summed E-state index contributed by atoms with van der Waals surface area (Å²) in [7, 11) is 3.31. The van der Waals surface area contributed by atoms with Gasteiger partial charge in [-0.05, 0) is 104 Å². The van der Waals surface area contributed by atoms with Crippen LogP contribution in [0.25, 0.3) is 0 Å².